The molecule has 0 radical (unpaired) electrons. The topological polar surface area (TPSA) is 87.7 Å². The first-order valence-corrected chi connectivity index (χ1v) is 13.4. The Labute approximate surface area is 243 Å². The predicted octanol–water partition coefficient (Wildman–Crippen LogP) is 7.82. The van der Waals surface area contributed by atoms with Crippen molar-refractivity contribution in [2.45, 2.75) is 0 Å². The van der Waals surface area contributed by atoms with E-state index in [9.17, 15) is 0 Å². The van der Waals surface area contributed by atoms with E-state index in [-0.39, 0.29) is 0 Å². The minimum Gasteiger partial charge on any atom is -0.331 e. The third-order valence-corrected chi connectivity index (χ3v) is 6.54. The summed E-state index contributed by atoms with van der Waals surface area (Å²) < 4.78 is 0. The van der Waals surface area contributed by atoms with Gasteiger partial charge in [0.2, 0.25) is 5.95 Å². The number of nitrogens with one attached hydrogen (secondary N) is 3. The molecule has 0 saturated carbocycles. The molecular formula is C33H25N7S. The lowest BCUT2D eigenvalue weighted by Gasteiger charge is -2.14. The molecule has 0 aliphatic rings. The summed E-state index contributed by atoms with van der Waals surface area (Å²) >= 11 is 5.55. The lowest BCUT2D eigenvalue weighted by Crippen LogP contribution is -2.20. The van der Waals surface area contributed by atoms with Gasteiger partial charge in [-0.05, 0) is 53.7 Å². The van der Waals surface area contributed by atoms with Crippen LogP contribution in [0, 0.1) is 0 Å². The number of nitrogens with zero attached hydrogens (tertiary/aromatic N) is 4. The van der Waals surface area contributed by atoms with Gasteiger partial charge in [-0.2, -0.15) is 0 Å². The highest BCUT2D eigenvalue weighted by Gasteiger charge is 2.09. The van der Waals surface area contributed by atoms with Crippen molar-refractivity contribution in [2.75, 3.05) is 16.0 Å². The molecule has 0 bridgehead atoms. The van der Waals surface area contributed by atoms with Crippen LogP contribution in [0.25, 0.3) is 33.6 Å². The highest BCUT2D eigenvalue weighted by atomic mass is 32.1. The molecule has 7 nitrogen and oxygen atoms in total. The standard InChI is InChI=1S/C33H25N7S/c41-33(38-31-20-19-28(39-40-31)25-11-5-2-6-12-25)37-30-14-8-7-13-29(30)36-32-34-22-21-27(35-32)26-17-15-24(16-18-26)23-9-3-1-4-10-23/h1-22H,(H,34,35,36)(H2,37,38,40,41). The molecule has 0 spiro atoms. The van der Waals surface area contributed by atoms with Gasteiger partial charge in [-0.25, -0.2) is 9.97 Å². The van der Waals surface area contributed by atoms with E-state index >= 15 is 0 Å². The molecule has 3 N–H and O–H groups in total. The summed E-state index contributed by atoms with van der Waals surface area (Å²) in [6, 6.07) is 41.9. The molecule has 4 aromatic carbocycles. The number of hydrogen-bond donors (Lipinski definition) is 3. The smallest absolute Gasteiger partial charge is 0.227 e. The van der Waals surface area contributed by atoms with E-state index in [0.717, 1.165) is 39.5 Å². The van der Waals surface area contributed by atoms with Crippen molar-refractivity contribution >= 4 is 40.5 Å². The summed E-state index contributed by atoms with van der Waals surface area (Å²) in [5, 5.41) is 18.6. The fraction of sp³-hybridized carbons (Fsp3) is 0. The molecule has 2 heterocycles. The number of para-hydroxylation sites is 2. The Bertz CT molecular complexity index is 1760. The van der Waals surface area contributed by atoms with Gasteiger partial charge in [-0.15, -0.1) is 10.2 Å². The Morgan fingerprint density at radius 2 is 1.12 bits per heavy atom. The van der Waals surface area contributed by atoms with E-state index in [2.05, 4.69) is 67.5 Å². The molecular weight excluding hydrogens is 526 g/mol. The molecule has 0 fully saturated rings. The molecule has 8 heteroatoms. The third-order valence-electron chi connectivity index (χ3n) is 6.34. The minimum atomic E-state index is 0.384. The highest BCUT2D eigenvalue weighted by molar-refractivity contribution is 7.80. The van der Waals surface area contributed by atoms with Crippen molar-refractivity contribution in [2.24, 2.45) is 0 Å². The van der Waals surface area contributed by atoms with Crippen LogP contribution in [0.5, 0.6) is 0 Å². The van der Waals surface area contributed by atoms with Crippen molar-refractivity contribution < 1.29 is 0 Å². The zero-order valence-electron chi connectivity index (χ0n) is 21.9. The number of rotatable bonds is 7. The highest BCUT2D eigenvalue weighted by Crippen LogP contribution is 2.27. The van der Waals surface area contributed by atoms with Crippen LogP contribution in [-0.2, 0) is 0 Å². The molecule has 0 saturated heterocycles. The third kappa shape index (κ3) is 6.41. The SMILES string of the molecule is S=C(Nc1ccc(-c2ccccc2)nn1)Nc1ccccc1Nc1nccc(-c2ccc(-c3ccccc3)cc2)n1. The average Bonchev–Trinajstić information content (AvgIpc) is 3.03. The fourth-order valence-electron chi connectivity index (χ4n) is 4.30. The van der Waals surface area contributed by atoms with Crippen LogP contribution in [0.3, 0.4) is 0 Å². The Morgan fingerprint density at radius 1 is 0.512 bits per heavy atom. The molecule has 0 aliphatic heterocycles. The summed E-state index contributed by atoms with van der Waals surface area (Å²) in [5.41, 5.74) is 7.50. The second-order valence-corrected chi connectivity index (χ2v) is 9.54. The quantitative estimate of drug-likeness (QED) is 0.173. The maximum Gasteiger partial charge on any atom is 0.227 e. The monoisotopic (exact) mass is 551 g/mol. The minimum absolute atomic E-state index is 0.384. The van der Waals surface area contributed by atoms with Crippen LogP contribution in [0.1, 0.15) is 0 Å². The molecule has 6 aromatic rings. The van der Waals surface area contributed by atoms with Crippen molar-refractivity contribution in [1.29, 1.82) is 0 Å². The summed E-state index contributed by atoms with van der Waals surface area (Å²) in [6.45, 7) is 0. The van der Waals surface area contributed by atoms with E-state index in [1.54, 1.807) is 6.20 Å². The number of hydrogen-bond acceptors (Lipinski definition) is 6. The average molecular weight is 552 g/mol. The second kappa shape index (κ2) is 12.1. The van der Waals surface area contributed by atoms with Gasteiger partial charge >= 0.3 is 0 Å². The molecule has 0 aliphatic carbocycles. The van der Waals surface area contributed by atoms with Crippen LogP contribution in [0.15, 0.2) is 134 Å². The van der Waals surface area contributed by atoms with Gasteiger partial charge in [-0.1, -0.05) is 97.1 Å². The zero-order chi connectivity index (χ0) is 27.9. The Balaban J connectivity index is 1.13. The van der Waals surface area contributed by atoms with E-state index in [1.165, 1.54) is 5.56 Å². The van der Waals surface area contributed by atoms with Gasteiger partial charge in [0.15, 0.2) is 10.9 Å². The summed E-state index contributed by atoms with van der Waals surface area (Å²) in [5.74, 6) is 1.02. The van der Waals surface area contributed by atoms with Crippen LogP contribution >= 0.6 is 12.2 Å². The van der Waals surface area contributed by atoms with Crippen LogP contribution in [-0.4, -0.2) is 25.3 Å². The molecule has 0 atom stereocenters. The molecule has 0 amide bonds. The number of aromatic nitrogens is 4. The largest absolute Gasteiger partial charge is 0.331 e. The van der Waals surface area contributed by atoms with E-state index in [0.29, 0.717) is 16.9 Å². The first kappa shape index (κ1) is 25.8. The normalized spacial score (nSPS) is 10.5. The Hall–Kier alpha value is -5.47. The van der Waals surface area contributed by atoms with Gasteiger partial charge in [0.05, 0.1) is 22.8 Å². The molecule has 41 heavy (non-hydrogen) atoms. The van der Waals surface area contributed by atoms with Gasteiger partial charge in [0.1, 0.15) is 0 Å². The first-order chi connectivity index (χ1) is 20.2. The molecule has 2 aromatic heterocycles. The zero-order valence-corrected chi connectivity index (χ0v) is 22.7. The summed E-state index contributed by atoms with van der Waals surface area (Å²) in [7, 11) is 0. The lowest BCUT2D eigenvalue weighted by atomic mass is 10.0. The van der Waals surface area contributed by atoms with Crippen LogP contribution in [0.4, 0.5) is 23.1 Å². The van der Waals surface area contributed by atoms with Crippen LogP contribution < -0.4 is 16.0 Å². The molecule has 198 valence electrons. The van der Waals surface area contributed by atoms with Crippen molar-refractivity contribution in [3.8, 4) is 33.6 Å². The Kier molecular flexibility index (Phi) is 7.64. The number of thiocarbonyl (C=S) groups is 1. The summed E-state index contributed by atoms with van der Waals surface area (Å²) in [4.78, 5) is 9.17. The van der Waals surface area contributed by atoms with Crippen molar-refractivity contribution in [1.82, 2.24) is 20.2 Å². The van der Waals surface area contributed by atoms with Gasteiger partial charge in [-0.3, -0.25) is 0 Å². The van der Waals surface area contributed by atoms with Crippen molar-refractivity contribution in [3.05, 3.63) is 134 Å². The van der Waals surface area contributed by atoms with Crippen LogP contribution in [0.2, 0.25) is 0 Å². The predicted molar refractivity (Wildman–Crippen MR) is 170 cm³/mol. The van der Waals surface area contributed by atoms with Gasteiger partial charge in [0.25, 0.3) is 0 Å². The number of anilines is 4. The van der Waals surface area contributed by atoms with Gasteiger partial charge < -0.3 is 16.0 Å². The number of benzene rings is 4. The maximum absolute atomic E-state index is 5.55. The van der Waals surface area contributed by atoms with E-state index in [1.807, 2.05) is 91.0 Å². The maximum atomic E-state index is 5.55. The van der Waals surface area contributed by atoms with E-state index < -0.39 is 0 Å². The van der Waals surface area contributed by atoms with Gasteiger partial charge in [0, 0.05) is 17.3 Å². The van der Waals surface area contributed by atoms with E-state index in [4.69, 9.17) is 17.2 Å². The molecule has 6 rings (SSSR count). The lowest BCUT2D eigenvalue weighted by molar-refractivity contribution is 1.05. The first-order valence-electron chi connectivity index (χ1n) is 13.0. The summed E-state index contributed by atoms with van der Waals surface area (Å²) in [6.07, 6.45) is 1.75. The van der Waals surface area contributed by atoms with Crippen molar-refractivity contribution in [3.63, 3.8) is 0 Å². The second-order valence-electron chi connectivity index (χ2n) is 9.13. The Morgan fingerprint density at radius 3 is 1.83 bits per heavy atom. The fourth-order valence-corrected chi connectivity index (χ4v) is 4.51. The molecule has 0 unspecified atom stereocenters.